The molecule has 216 valence electrons. The van der Waals surface area contributed by atoms with Gasteiger partial charge in [0.2, 0.25) is 0 Å². The van der Waals surface area contributed by atoms with E-state index in [1.54, 1.807) is 0 Å². The Bertz CT molecular complexity index is 888. The third-order valence-electron chi connectivity index (χ3n) is 7.70. The van der Waals surface area contributed by atoms with Gasteiger partial charge in [-0.15, -0.1) is 0 Å². The Morgan fingerprint density at radius 2 is 0.842 bits per heavy atom. The number of aliphatic hydroxyl groups excluding tert-OH is 2. The maximum atomic E-state index is 13.3. The van der Waals surface area contributed by atoms with E-state index in [-0.39, 0.29) is 53.9 Å². The molecule has 0 amide bonds. The fraction of sp³-hybridized carbons (Fsp3) is 0.706. The summed E-state index contributed by atoms with van der Waals surface area (Å²) in [4.78, 5) is 26.5. The van der Waals surface area contributed by atoms with Crippen molar-refractivity contribution in [3.05, 3.63) is 46.6 Å². The molecule has 2 N–H and O–H groups in total. The molecule has 0 bridgehead atoms. The third-order valence-corrected chi connectivity index (χ3v) is 7.70. The number of carbonyl (C=O) groups is 2. The maximum absolute atomic E-state index is 13.3. The number of hydrogen-bond acceptors (Lipinski definition) is 4. The summed E-state index contributed by atoms with van der Waals surface area (Å²) in [6.45, 7) is 17.1. The van der Waals surface area contributed by atoms with Gasteiger partial charge in [-0.25, -0.2) is 0 Å². The Hall–Kier alpha value is -1.78. The molecule has 0 radical (unpaired) electrons. The van der Waals surface area contributed by atoms with Crippen molar-refractivity contribution in [1.29, 1.82) is 0 Å². The molecule has 2 aliphatic rings. The fourth-order valence-corrected chi connectivity index (χ4v) is 5.44. The molecule has 4 nitrogen and oxygen atoms in total. The second kappa shape index (κ2) is 13.5. The molecule has 0 saturated heterocycles. The highest BCUT2D eigenvalue weighted by molar-refractivity contribution is 6.10. The maximum Gasteiger partial charge on any atom is 0.184 e. The molecule has 38 heavy (non-hydrogen) atoms. The van der Waals surface area contributed by atoms with Crippen LogP contribution in [0.15, 0.2) is 46.6 Å². The van der Waals surface area contributed by atoms with Crippen molar-refractivity contribution >= 4 is 11.6 Å². The molecule has 0 spiro atoms. The van der Waals surface area contributed by atoms with Crippen LogP contribution < -0.4 is 0 Å². The zero-order chi connectivity index (χ0) is 28.1. The van der Waals surface area contributed by atoms with Gasteiger partial charge in [0.25, 0.3) is 0 Å². The van der Waals surface area contributed by atoms with Crippen molar-refractivity contribution in [2.45, 2.75) is 121 Å². The number of allylic oxidation sites excluding steroid dienone is 8. The van der Waals surface area contributed by atoms with E-state index in [1.807, 2.05) is 0 Å². The second-order valence-corrected chi connectivity index (χ2v) is 14.2. The fourth-order valence-electron chi connectivity index (χ4n) is 5.44. The molecule has 0 aromatic rings. The quantitative estimate of drug-likeness (QED) is 0.239. The molecular weight excluding hydrogens is 472 g/mol. The van der Waals surface area contributed by atoms with Crippen LogP contribution in [-0.2, 0) is 9.59 Å². The molecule has 0 heterocycles. The Labute approximate surface area is 233 Å². The topological polar surface area (TPSA) is 74.6 Å². The summed E-state index contributed by atoms with van der Waals surface area (Å²) in [5.74, 6) is 0.301. The summed E-state index contributed by atoms with van der Waals surface area (Å²) < 4.78 is 0. The second-order valence-electron chi connectivity index (χ2n) is 14.2. The molecule has 0 fully saturated rings. The van der Waals surface area contributed by atoms with Crippen molar-refractivity contribution in [2.75, 3.05) is 13.2 Å². The predicted molar refractivity (Wildman–Crippen MR) is 160 cm³/mol. The average molecular weight is 529 g/mol. The van der Waals surface area contributed by atoms with E-state index < -0.39 is 0 Å². The van der Waals surface area contributed by atoms with Crippen LogP contribution in [0, 0.1) is 21.7 Å². The number of rotatable bonds is 14. The molecule has 0 aromatic heterocycles. The first-order chi connectivity index (χ1) is 17.0. The first-order valence-corrected chi connectivity index (χ1v) is 14.2. The Balaban J connectivity index is 0.00000722. The zero-order valence-electron chi connectivity index (χ0n) is 24.8. The number of hydrogen-bond donors (Lipinski definition) is 2. The molecule has 0 aliphatic heterocycles. The van der Waals surface area contributed by atoms with Crippen LogP contribution in [0.3, 0.4) is 0 Å². The van der Waals surface area contributed by atoms with Crippen molar-refractivity contribution < 1.29 is 19.8 Å². The first-order valence-electron chi connectivity index (χ1n) is 14.2. The number of carbonyl (C=O) groups excluding carboxylic acids is 2. The first kappa shape index (κ1) is 34.2. The Morgan fingerprint density at radius 3 is 1.11 bits per heavy atom. The van der Waals surface area contributed by atoms with Crippen LogP contribution in [-0.4, -0.2) is 35.0 Å². The Kier molecular flexibility index (Phi) is 12.2. The van der Waals surface area contributed by atoms with E-state index >= 15 is 0 Å². The van der Waals surface area contributed by atoms with Gasteiger partial charge in [0.1, 0.15) is 0 Å². The van der Waals surface area contributed by atoms with Gasteiger partial charge in [0, 0.05) is 24.0 Å². The summed E-state index contributed by atoms with van der Waals surface area (Å²) in [6.07, 6.45) is 15.6. The summed E-state index contributed by atoms with van der Waals surface area (Å²) in [5, 5.41) is 19.1. The van der Waals surface area contributed by atoms with Crippen LogP contribution in [0.2, 0.25) is 0 Å². The van der Waals surface area contributed by atoms with E-state index in [2.05, 4.69) is 79.7 Å². The van der Waals surface area contributed by atoms with Gasteiger partial charge in [-0.2, -0.15) is 0 Å². The van der Waals surface area contributed by atoms with Crippen molar-refractivity contribution in [2.24, 2.45) is 21.7 Å². The highest BCUT2D eigenvalue weighted by atomic mass is 16.3. The summed E-state index contributed by atoms with van der Waals surface area (Å²) in [7, 11) is 0. The lowest BCUT2D eigenvalue weighted by Gasteiger charge is -2.28. The smallest absolute Gasteiger partial charge is 0.184 e. The standard InChI is InChI=1S/C33H52O4.CH4/c1-30(2,22-34)16-10-14-26-20-32(5,6)18-24(28(26)36)12-9-13-25-19-33(7,8)21-27(29(25)37)15-11-17-31(3,4)23-35;/h18-21,34-35H,9-17,22-23H2,1-8H3;1H4. The summed E-state index contributed by atoms with van der Waals surface area (Å²) >= 11 is 0. The summed E-state index contributed by atoms with van der Waals surface area (Å²) in [6, 6.07) is 0. The van der Waals surface area contributed by atoms with E-state index in [0.717, 1.165) is 67.2 Å². The molecule has 0 aromatic carbocycles. The minimum absolute atomic E-state index is 0. The van der Waals surface area contributed by atoms with E-state index in [0.29, 0.717) is 12.8 Å². The van der Waals surface area contributed by atoms with Gasteiger partial charge in [-0.3, -0.25) is 9.59 Å². The van der Waals surface area contributed by atoms with Crippen molar-refractivity contribution in [3.63, 3.8) is 0 Å². The molecule has 0 atom stereocenters. The molecule has 0 saturated carbocycles. The van der Waals surface area contributed by atoms with Crippen LogP contribution >= 0.6 is 0 Å². The van der Waals surface area contributed by atoms with E-state index in [9.17, 15) is 19.8 Å². The molecular formula is C34H56O4. The third kappa shape index (κ3) is 10.4. The monoisotopic (exact) mass is 528 g/mol. The van der Waals surface area contributed by atoms with Crippen LogP contribution in [0.1, 0.15) is 121 Å². The molecule has 2 rings (SSSR count). The predicted octanol–water partition coefficient (Wildman–Crippen LogP) is 8.09. The largest absolute Gasteiger partial charge is 0.396 e. The van der Waals surface area contributed by atoms with Crippen molar-refractivity contribution in [1.82, 2.24) is 0 Å². The Morgan fingerprint density at radius 1 is 0.579 bits per heavy atom. The van der Waals surface area contributed by atoms with Gasteiger partial charge >= 0.3 is 0 Å². The van der Waals surface area contributed by atoms with E-state index in [4.69, 9.17) is 0 Å². The normalized spacial score (nSPS) is 19.3. The molecule has 4 heteroatoms. The van der Waals surface area contributed by atoms with E-state index in [1.165, 1.54) is 0 Å². The lowest BCUT2D eigenvalue weighted by molar-refractivity contribution is -0.113. The number of Topliss-reactive ketones (excluding diaryl/α,β-unsaturated/α-hetero) is 2. The van der Waals surface area contributed by atoms with Crippen LogP contribution in [0.25, 0.3) is 0 Å². The van der Waals surface area contributed by atoms with Crippen LogP contribution in [0.5, 0.6) is 0 Å². The molecule has 0 unspecified atom stereocenters. The zero-order valence-corrected chi connectivity index (χ0v) is 24.8. The lowest BCUT2D eigenvalue weighted by atomic mass is 9.76. The highest BCUT2D eigenvalue weighted by Crippen LogP contribution is 2.37. The van der Waals surface area contributed by atoms with Gasteiger partial charge in [0.15, 0.2) is 11.6 Å². The number of aliphatic hydroxyl groups is 2. The molecule has 2 aliphatic carbocycles. The van der Waals surface area contributed by atoms with Gasteiger partial charge in [-0.05, 0) is 90.9 Å². The summed E-state index contributed by atoms with van der Waals surface area (Å²) in [5.41, 5.74) is 2.95. The lowest BCUT2D eigenvalue weighted by Crippen LogP contribution is -2.22. The van der Waals surface area contributed by atoms with Gasteiger partial charge in [-0.1, -0.05) is 87.1 Å². The van der Waals surface area contributed by atoms with Gasteiger partial charge < -0.3 is 10.2 Å². The average Bonchev–Trinajstić information content (AvgIpc) is 2.78. The van der Waals surface area contributed by atoms with Gasteiger partial charge in [0.05, 0.1) is 0 Å². The minimum atomic E-state index is -0.161. The number of ketones is 2. The highest BCUT2D eigenvalue weighted by Gasteiger charge is 2.29. The van der Waals surface area contributed by atoms with Crippen molar-refractivity contribution in [3.8, 4) is 0 Å². The minimum Gasteiger partial charge on any atom is -0.396 e. The SMILES string of the molecule is C.CC1(C)C=C(CCCC2=CC(C)(C)C=C(CCCC(C)(C)CO)C2=O)C(=O)C(CCCC(C)(C)CO)=C1. The van der Waals surface area contributed by atoms with Crippen LogP contribution in [0.4, 0.5) is 0 Å².